The van der Waals surface area contributed by atoms with Crippen molar-refractivity contribution in [2.75, 3.05) is 0 Å². The lowest BCUT2D eigenvalue weighted by Crippen LogP contribution is -2.03. The molecule has 1 aromatic carbocycles. The summed E-state index contributed by atoms with van der Waals surface area (Å²) in [6.45, 7) is -0.939. The SMILES string of the molecule is Cc1cc(OCc2ccc(F)cc2)nc(Oc2ccnc(OC(F)F)c2)c1. The molecule has 2 heterocycles. The molecule has 0 spiro atoms. The van der Waals surface area contributed by atoms with Crippen LogP contribution in [0.1, 0.15) is 11.1 Å². The highest BCUT2D eigenvalue weighted by Gasteiger charge is 2.09. The molecule has 8 heteroatoms. The minimum atomic E-state index is -2.98. The predicted octanol–water partition coefficient (Wildman–Crippen LogP) is 4.90. The van der Waals surface area contributed by atoms with Gasteiger partial charge in [-0.25, -0.2) is 9.37 Å². The van der Waals surface area contributed by atoms with Crippen LogP contribution >= 0.6 is 0 Å². The molecule has 0 aliphatic rings. The molecule has 0 aliphatic heterocycles. The number of halogens is 3. The number of hydrogen-bond donors (Lipinski definition) is 0. The minimum Gasteiger partial charge on any atom is -0.473 e. The van der Waals surface area contributed by atoms with Crippen LogP contribution in [0, 0.1) is 12.7 Å². The first-order chi connectivity index (χ1) is 13.0. The summed E-state index contributed by atoms with van der Waals surface area (Å²) in [6, 6.07) is 12.0. The lowest BCUT2D eigenvalue weighted by Gasteiger charge is -2.10. The highest BCUT2D eigenvalue weighted by molar-refractivity contribution is 5.33. The molecule has 3 aromatic rings. The molecule has 0 unspecified atom stereocenters. The molecule has 0 bridgehead atoms. The summed E-state index contributed by atoms with van der Waals surface area (Å²) in [7, 11) is 0. The summed E-state index contributed by atoms with van der Waals surface area (Å²) in [5.41, 5.74) is 1.61. The normalized spacial score (nSPS) is 10.7. The first kappa shape index (κ1) is 18.5. The number of aromatic nitrogens is 2. The molecular weight excluding hydrogens is 361 g/mol. The van der Waals surface area contributed by atoms with Gasteiger partial charge in [0.15, 0.2) is 0 Å². The van der Waals surface area contributed by atoms with Crippen molar-refractivity contribution < 1.29 is 27.4 Å². The monoisotopic (exact) mass is 376 g/mol. The van der Waals surface area contributed by atoms with Gasteiger partial charge in [0, 0.05) is 24.4 Å². The van der Waals surface area contributed by atoms with Gasteiger partial charge in [0.05, 0.1) is 0 Å². The van der Waals surface area contributed by atoms with Crippen molar-refractivity contribution in [1.29, 1.82) is 0 Å². The molecular formula is C19H15F3N2O3. The van der Waals surface area contributed by atoms with Crippen molar-refractivity contribution in [3.05, 3.63) is 71.7 Å². The molecule has 27 heavy (non-hydrogen) atoms. The summed E-state index contributed by atoms with van der Waals surface area (Å²) < 4.78 is 52.9. The second kappa shape index (κ2) is 8.39. The molecule has 0 N–H and O–H groups in total. The van der Waals surface area contributed by atoms with Crippen molar-refractivity contribution in [1.82, 2.24) is 9.97 Å². The first-order valence-corrected chi connectivity index (χ1v) is 7.92. The van der Waals surface area contributed by atoms with E-state index < -0.39 is 6.61 Å². The van der Waals surface area contributed by atoms with Crippen LogP contribution in [0.2, 0.25) is 0 Å². The molecule has 0 saturated carbocycles. The van der Waals surface area contributed by atoms with E-state index in [1.54, 1.807) is 24.3 Å². The molecule has 0 saturated heterocycles. The summed E-state index contributed by atoms with van der Waals surface area (Å²) in [6.07, 6.45) is 1.29. The Morgan fingerprint density at radius 3 is 2.44 bits per heavy atom. The fourth-order valence-corrected chi connectivity index (χ4v) is 2.20. The minimum absolute atomic E-state index is 0.206. The Kier molecular flexibility index (Phi) is 5.75. The van der Waals surface area contributed by atoms with Gasteiger partial charge >= 0.3 is 6.61 Å². The van der Waals surface area contributed by atoms with Gasteiger partial charge in [-0.15, -0.1) is 0 Å². The van der Waals surface area contributed by atoms with E-state index in [9.17, 15) is 13.2 Å². The fourth-order valence-electron chi connectivity index (χ4n) is 2.20. The lowest BCUT2D eigenvalue weighted by atomic mass is 10.2. The zero-order valence-electron chi connectivity index (χ0n) is 14.2. The molecule has 0 amide bonds. The Morgan fingerprint density at radius 2 is 1.70 bits per heavy atom. The van der Waals surface area contributed by atoms with E-state index in [2.05, 4.69) is 14.7 Å². The maximum absolute atomic E-state index is 12.9. The van der Waals surface area contributed by atoms with Crippen LogP contribution in [0.4, 0.5) is 13.2 Å². The van der Waals surface area contributed by atoms with Gasteiger partial charge in [-0.05, 0) is 36.2 Å². The molecule has 0 aliphatic carbocycles. The molecule has 2 aromatic heterocycles. The Hall–Kier alpha value is -3.29. The maximum atomic E-state index is 12.9. The fraction of sp³-hybridized carbons (Fsp3) is 0.158. The maximum Gasteiger partial charge on any atom is 0.388 e. The van der Waals surface area contributed by atoms with Gasteiger partial charge in [0.25, 0.3) is 0 Å². The summed E-state index contributed by atoms with van der Waals surface area (Å²) in [4.78, 5) is 7.90. The van der Waals surface area contributed by atoms with Gasteiger partial charge in [0.2, 0.25) is 17.6 Å². The van der Waals surface area contributed by atoms with Crippen LogP contribution in [0.25, 0.3) is 0 Å². The van der Waals surface area contributed by atoms with Gasteiger partial charge in [-0.3, -0.25) is 0 Å². The van der Waals surface area contributed by atoms with Gasteiger partial charge in [-0.1, -0.05) is 12.1 Å². The third-order valence-corrected chi connectivity index (χ3v) is 3.36. The number of aryl methyl sites for hydroxylation is 1. The highest BCUT2D eigenvalue weighted by Crippen LogP contribution is 2.26. The standard InChI is InChI=1S/C19H15F3N2O3/c1-12-8-17(25-11-13-2-4-14(20)5-3-13)24-18(9-12)26-15-6-7-23-16(10-15)27-19(21)22/h2-10,19H,11H2,1H3. The van der Waals surface area contributed by atoms with Crippen molar-refractivity contribution >= 4 is 0 Å². The van der Waals surface area contributed by atoms with Gasteiger partial charge in [-0.2, -0.15) is 13.8 Å². The van der Waals surface area contributed by atoms with E-state index in [1.807, 2.05) is 6.92 Å². The Bertz CT molecular complexity index is 905. The summed E-state index contributed by atoms with van der Waals surface area (Å²) in [5, 5.41) is 0. The van der Waals surface area contributed by atoms with Gasteiger partial charge < -0.3 is 14.2 Å². The molecule has 0 atom stereocenters. The van der Waals surface area contributed by atoms with E-state index >= 15 is 0 Å². The largest absolute Gasteiger partial charge is 0.473 e. The Labute approximate surface area is 153 Å². The van der Waals surface area contributed by atoms with Crippen LogP contribution in [0.3, 0.4) is 0 Å². The summed E-state index contributed by atoms with van der Waals surface area (Å²) in [5.74, 6) is 0.188. The zero-order chi connectivity index (χ0) is 19.2. The average Bonchev–Trinajstić information content (AvgIpc) is 2.60. The van der Waals surface area contributed by atoms with Crippen LogP contribution in [0.5, 0.6) is 23.4 Å². The quantitative estimate of drug-likeness (QED) is 0.587. The summed E-state index contributed by atoms with van der Waals surface area (Å²) >= 11 is 0. The number of ether oxygens (including phenoxy) is 3. The van der Waals surface area contributed by atoms with E-state index in [0.29, 0.717) is 5.88 Å². The number of hydrogen-bond acceptors (Lipinski definition) is 5. The number of rotatable bonds is 7. The van der Waals surface area contributed by atoms with Crippen molar-refractivity contribution in [2.45, 2.75) is 20.1 Å². The second-order valence-electron chi connectivity index (χ2n) is 5.55. The Balaban J connectivity index is 1.70. The lowest BCUT2D eigenvalue weighted by molar-refractivity contribution is -0.0529. The molecule has 0 radical (unpaired) electrons. The van der Waals surface area contributed by atoms with E-state index in [4.69, 9.17) is 9.47 Å². The van der Waals surface area contributed by atoms with Gasteiger partial charge in [0.1, 0.15) is 18.2 Å². The highest BCUT2D eigenvalue weighted by atomic mass is 19.3. The average molecular weight is 376 g/mol. The van der Waals surface area contributed by atoms with E-state index in [1.165, 1.54) is 30.5 Å². The van der Waals surface area contributed by atoms with Crippen LogP contribution in [-0.4, -0.2) is 16.6 Å². The third kappa shape index (κ3) is 5.60. The number of pyridine rings is 2. The molecule has 5 nitrogen and oxygen atoms in total. The predicted molar refractivity (Wildman–Crippen MR) is 90.6 cm³/mol. The number of benzene rings is 1. The molecule has 140 valence electrons. The number of nitrogens with zero attached hydrogens (tertiary/aromatic N) is 2. The smallest absolute Gasteiger partial charge is 0.388 e. The van der Waals surface area contributed by atoms with E-state index in [0.717, 1.165) is 11.1 Å². The van der Waals surface area contributed by atoms with Crippen molar-refractivity contribution in [2.24, 2.45) is 0 Å². The van der Waals surface area contributed by atoms with Crippen LogP contribution < -0.4 is 14.2 Å². The van der Waals surface area contributed by atoms with Crippen LogP contribution in [0.15, 0.2) is 54.7 Å². The first-order valence-electron chi connectivity index (χ1n) is 7.92. The second-order valence-corrected chi connectivity index (χ2v) is 5.55. The third-order valence-electron chi connectivity index (χ3n) is 3.36. The van der Waals surface area contributed by atoms with Crippen molar-refractivity contribution in [3.63, 3.8) is 0 Å². The number of alkyl halides is 2. The topological polar surface area (TPSA) is 53.5 Å². The zero-order valence-corrected chi connectivity index (χ0v) is 14.2. The van der Waals surface area contributed by atoms with Crippen LogP contribution in [-0.2, 0) is 6.61 Å². The molecule has 0 fully saturated rings. The molecule has 3 rings (SSSR count). The van der Waals surface area contributed by atoms with E-state index in [-0.39, 0.29) is 29.9 Å². The van der Waals surface area contributed by atoms with Crippen molar-refractivity contribution in [3.8, 4) is 23.4 Å². The Morgan fingerprint density at radius 1 is 0.963 bits per heavy atom.